The fourth-order valence-corrected chi connectivity index (χ4v) is 4.60. The van der Waals surface area contributed by atoms with Crippen molar-refractivity contribution >= 4 is 12.1 Å². The Morgan fingerprint density at radius 3 is 2.17 bits per heavy atom. The lowest BCUT2D eigenvalue weighted by Gasteiger charge is -2.18. The topological polar surface area (TPSA) is 102 Å². The average Bonchev–Trinajstić information content (AvgIpc) is 3.41. The molecule has 1 heterocycles. The quantitative estimate of drug-likeness (QED) is 0.371. The van der Waals surface area contributed by atoms with Gasteiger partial charge in [0.1, 0.15) is 18.4 Å². The minimum atomic E-state index is -1.18. The monoisotopic (exact) mass is 468 g/mol. The van der Waals surface area contributed by atoms with E-state index in [0.29, 0.717) is 6.42 Å². The first-order chi connectivity index (χ1) is 17.0. The van der Waals surface area contributed by atoms with Gasteiger partial charge < -0.3 is 19.6 Å². The molecule has 176 valence electrons. The summed E-state index contributed by atoms with van der Waals surface area (Å²) in [6.45, 7) is 1.70. The molecule has 1 amide bonds. The van der Waals surface area contributed by atoms with Crippen LogP contribution >= 0.6 is 0 Å². The Balaban J connectivity index is 1.34. The van der Waals surface area contributed by atoms with Crippen molar-refractivity contribution in [1.82, 2.24) is 10.3 Å². The standard InChI is InChI=1S/C28H24N2O5/c1-17-25(27(31)32)30-26(35-17)24(15-18-9-3-2-4-10-18)29-28(33)34-16-23-21-13-7-5-11-19(21)20-12-6-8-14-22(20)23/h2-14,23-24H,15-16H2,1H3,(H,29,33)(H,31,32)/t24-/m0/s1. The third-order valence-corrected chi connectivity index (χ3v) is 6.23. The van der Waals surface area contributed by atoms with Crippen LogP contribution in [0.3, 0.4) is 0 Å². The van der Waals surface area contributed by atoms with Crippen molar-refractivity contribution in [2.24, 2.45) is 0 Å². The summed E-state index contributed by atoms with van der Waals surface area (Å²) in [5, 5.41) is 12.2. The Labute approximate surface area is 202 Å². The number of carbonyl (C=O) groups excluding carboxylic acids is 1. The van der Waals surface area contributed by atoms with Crippen molar-refractivity contribution in [2.75, 3.05) is 6.61 Å². The zero-order valence-corrected chi connectivity index (χ0v) is 19.1. The summed E-state index contributed by atoms with van der Waals surface area (Å²) >= 11 is 0. The van der Waals surface area contributed by atoms with Crippen LogP contribution in [-0.2, 0) is 11.2 Å². The number of amides is 1. The third kappa shape index (κ3) is 4.53. The minimum absolute atomic E-state index is 0.0664. The summed E-state index contributed by atoms with van der Waals surface area (Å²) in [5.41, 5.74) is 5.30. The highest BCUT2D eigenvalue weighted by molar-refractivity contribution is 5.86. The van der Waals surface area contributed by atoms with Crippen LogP contribution in [0.4, 0.5) is 4.79 Å². The highest BCUT2D eigenvalue weighted by Crippen LogP contribution is 2.44. The van der Waals surface area contributed by atoms with E-state index < -0.39 is 18.1 Å². The summed E-state index contributed by atoms with van der Waals surface area (Å²) in [6.07, 6.45) is -0.259. The SMILES string of the molecule is Cc1oc([C@H](Cc2ccccc2)NC(=O)OCC2c3ccccc3-c3ccccc32)nc1C(=O)O. The van der Waals surface area contributed by atoms with Gasteiger partial charge in [-0.2, -0.15) is 0 Å². The van der Waals surface area contributed by atoms with Crippen LogP contribution in [0.5, 0.6) is 0 Å². The largest absolute Gasteiger partial charge is 0.476 e. The summed E-state index contributed by atoms with van der Waals surface area (Å²) in [4.78, 5) is 28.5. The molecule has 0 bridgehead atoms. The van der Waals surface area contributed by atoms with Crippen molar-refractivity contribution in [2.45, 2.75) is 25.3 Å². The first-order valence-electron chi connectivity index (χ1n) is 11.4. The minimum Gasteiger partial charge on any atom is -0.476 e. The summed E-state index contributed by atoms with van der Waals surface area (Å²) in [6, 6.07) is 25.1. The molecule has 5 rings (SSSR count). The lowest BCUT2D eigenvalue weighted by Crippen LogP contribution is -2.31. The second kappa shape index (κ2) is 9.46. The van der Waals surface area contributed by atoms with E-state index in [1.54, 1.807) is 0 Å². The van der Waals surface area contributed by atoms with Gasteiger partial charge in [-0.05, 0) is 34.7 Å². The number of benzene rings is 3. The Morgan fingerprint density at radius 1 is 0.971 bits per heavy atom. The average molecular weight is 469 g/mol. The van der Waals surface area contributed by atoms with Gasteiger partial charge in [-0.25, -0.2) is 14.6 Å². The molecule has 0 aliphatic heterocycles. The number of alkyl carbamates (subject to hydrolysis) is 1. The predicted octanol–water partition coefficient (Wildman–Crippen LogP) is 5.50. The first-order valence-corrected chi connectivity index (χ1v) is 11.4. The van der Waals surface area contributed by atoms with Gasteiger partial charge in [0.15, 0.2) is 5.69 Å². The van der Waals surface area contributed by atoms with Gasteiger partial charge in [0, 0.05) is 12.3 Å². The van der Waals surface area contributed by atoms with E-state index in [-0.39, 0.29) is 29.9 Å². The second-order valence-corrected chi connectivity index (χ2v) is 8.47. The molecular formula is C28H24N2O5. The van der Waals surface area contributed by atoms with Crippen LogP contribution < -0.4 is 5.32 Å². The Kier molecular flexibility index (Phi) is 6.06. The number of ether oxygens (including phenoxy) is 1. The van der Waals surface area contributed by atoms with E-state index in [4.69, 9.17) is 9.15 Å². The fraction of sp³-hybridized carbons (Fsp3) is 0.179. The molecule has 1 atom stereocenters. The lowest BCUT2D eigenvalue weighted by atomic mass is 9.98. The van der Waals surface area contributed by atoms with Crippen molar-refractivity contribution in [1.29, 1.82) is 0 Å². The van der Waals surface area contributed by atoms with E-state index in [1.165, 1.54) is 6.92 Å². The smallest absolute Gasteiger partial charge is 0.407 e. The molecule has 1 aromatic heterocycles. The number of oxazole rings is 1. The predicted molar refractivity (Wildman–Crippen MR) is 129 cm³/mol. The number of nitrogens with zero attached hydrogens (tertiary/aromatic N) is 1. The fourth-order valence-electron chi connectivity index (χ4n) is 4.60. The molecule has 0 spiro atoms. The van der Waals surface area contributed by atoms with Crippen LogP contribution in [0.25, 0.3) is 11.1 Å². The molecule has 0 unspecified atom stereocenters. The maximum atomic E-state index is 12.9. The lowest BCUT2D eigenvalue weighted by molar-refractivity contribution is 0.0689. The number of aromatic nitrogens is 1. The number of fused-ring (bicyclic) bond motifs is 3. The Bertz CT molecular complexity index is 1330. The molecule has 2 N–H and O–H groups in total. The highest BCUT2D eigenvalue weighted by Gasteiger charge is 2.30. The van der Waals surface area contributed by atoms with Gasteiger partial charge in [-0.15, -0.1) is 0 Å². The van der Waals surface area contributed by atoms with Gasteiger partial charge in [0.05, 0.1) is 0 Å². The molecule has 1 aliphatic rings. The zero-order chi connectivity index (χ0) is 24.4. The molecule has 0 saturated carbocycles. The third-order valence-electron chi connectivity index (χ3n) is 6.23. The van der Waals surface area contributed by atoms with Crippen LogP contribution in [-0.4, -0.2) is 28.8 Å². The van der Waals surface area contributed by atoms with Crippen LogP contribution in [0.1, 0.15) is 50.8 Å². The maximum absolute atomic E-state index is 12.9. The van der Waals surface area contributed by atoms with E-state index in [2.05, 4.69) is 34.6 Å². The second-order valence-electron chi connectivity index (χ2n) is 8.47. The molecule has 35 heavy (non-hydrogen) atoms. The number of nitrogens with one attached hydrogen (secondary N) is 1. The number of aromatic carboxylic acids is 1. The number of carboxylic acids is 1. The van der Waals surface area contributed by atoms with Gasteiger partial charge in [0.2, 0.25) is 5.89 Å². The van der Waals surface area contributed by atoms with Gasteiger partial charge >= 0.3 is 12.1 Å². The number of aryl methyl sites for hydroxylation is 1. The molecule has 7 heteroatoms. The number of carbonyl (C=O) groups is 2. The normalized spacial score (nSPS) is 13.1. The van der Waals surface area contributed by atoms with Crippen LogP contribution in [0.15, 0.2) is 83.3 Å². The summed E-state index contributed by atoms with van der Waals surface area (Å²) in [7, 11) is 0. The molecule has 0 saturated heterocycles. The zero-order valence-electron chi connectivity index (χ0n) is 19.1. The van der Waals surface area contributed by atoms with Crippen molar-refractivity contribution in [3.05, 3.63) is 113 Å². The van der Waals surface area contributed by atoms with E-state index in [1.807, 2.05) is 54.6 Å². The van der Waals surface area contributed by atoms with Crippen molar-refractivity contribution < 1.29 is 23.8 Å². The molecule has 0 radical (unpaired) electrons. The van der Waals surface area contributed by atoms with Crippen LogP contribution in [0, 0.1) is 6.92 Å². The molecule has 1 aliphatic carbocycles. The first kappa shape index (κ1) is 22.4. The van der Waals surface area contributed by atoms with E-state index in [9.17, 15) is 14.7 Å². The Hall–Kier alpha value is -4.39. The van der Waals surface area contributed by atoms with E-state index in [0.717, 1.165) is 27.8 Å². The highest BCUT2D eigenvalue weighted by atomic mass is 16.5. The molecular weight excluding hydrogens is 444 g/mol. The summed E-state index contributed by atoms with van der Waals surface area (Å²) < 4.78 is 11.3. The van der Waals surface area contributed by atoms with Gasteiger partial charge in [-0.1, -0.05) is 78.9 Å². The van der Waals surface area contributed by atoms with Crippen molar-refractivity contribution in [3.8, 4) is 11.1 Å². The van der Waals surface area contributed by atoms with Crippen LogP contribution in [0.2, 0.25) is 0 Å². The molecule has 0 fully saturated rings. The number of hydrogen-bond donors (Lipinski definition) is 2. The van der Waals surface area contributed by atoms with Crippen molar-refractivity contribution in [3.63, 3.8) is 0 Å². The van der Waals surface area contributed by atoms with E-state index >= 15 is 0 Å². The number of hydrogen-bond acceptors (Lipinski definition) is 5. The number of carboxylic acid groups (broad SMARTS) is 1. The summed E-state index contributed by atoms with van der Waals surface area (Å²) in [5.74, 6) is -0.947. The molecule has 7 nitrogen and oxygen atoms in total. The maximum Gasteiger partial charge on any atom is 0.407 e. The Morgan fingerprint density at radius 2 is 1.57 bits per heavy atom. The van der Waals surface area contributed by atoms with Gasteiger partial charge in [-0.3, -0.25) is 0 Å². The number of rotatable bonds is 7. The molecule has 4 aromatic rings. The van der Waals surface area contributed by atoms with Gasteiger partial charge in [0.25, 0.3) is 0 Å². The molecule has 3 aromatic carbocycles.